The van der Waals surface area contributed by atoms with E-state index in [4.69, 9.17) is 0 Å². The lowest BCUT2D eigenvalue weighted by atomic mass is 9.88. The molecule has 55 heavy (non-hydrogen) atoms. The van der Waals surface area contributed by atoms with Crippen molar-refractivity contribution in [2.24, 2.45) is 5.92 Å². The number of piperidine rings is 2. The van der Waals surface area contributed by atoms with Crippen molar-refractivity contribution < 1.29 is 27.1 Å². The molecule has 0 bridgehead atoms. The fourth-order valence-corrected chi connectivity index (χ4v) is 13.3. The molecular weight excluding hydrogens is 777 g/mol. The number of aliphatic hydroxyl groups excluding tert-OH is 1. The highest BCUT2D eigenvalue weighted by Crippen LogP contribution is 2.50. The molecule has 1 aliphatic carbocycles. The van der Waals surface area contributed by atoms with E-state index in [2.05, 4.69) is 38.1 Å². The SMILES string of the molecule is CC1CCC(P)(c2cc(C(=O)N3CCC(N4CCN(C5CCCN(S(=O)(=O)c6cc(CCO)cs6)C5)CC4)CC3Cc3ccccc3)cc(C(F)(F)P)c2)C1. The predicted octanol–water partition coefficient (Wildman–Crippen LogP) is 6.78. The van der Waals surface area contributed by atoms with Crippen molar-refractivity contribution in [3.63, 3.8) is 0 Å². The molecule has 1 aromatic heterocycles. The number of amides is 1. The van der Waals surface area contributed by atoms with Crippen LogP contribution in [0.2, 0.25) is 0 Å². The summed E-state index contributed by atoms with van der Waals surface area (Å²) in [6.45, 7) is 7.21. The summed E-state index contributed by atoms with van der Waals surface area (Å²) in [6.07, 6.45) is 7.33. The third-order valence-electron chi connectivity index (χ3n) is 12.6. The summed E-state index contributed by atoms with van der Waals surface area (Å²) in [7, 11) is 1.02. The Balaban J connectivity index is 1.04. The molecule has 8 nitrogen and oxygen atoms in total. The zero-order valence-electron chi connectivity index (χ0n) is 31.8. The van der Waals surface area contributed by atoms with E-state index in [0.717, 1.165) is 87.8 Å². The van der Waals surface area contributed by atoms with Crippen molar-refractivity contribution in [2.45, 2.75) is 97.9 Å². The summed E-state index contributed by atoms with van der Waals surface area (Å²) in [5, 5.41) is 10.8. The van der Waals surface area contributed by atoms with Crippen LogP contribution < -0.4 is 0 Å². The van der Waals surface area contributed by atoms with Gasteiger partial charge in [0.2, 0.25) is 0 Å². The van der Waals surface area contributed by atoms with Crippen LogP contribution >= 0.6 is 29.8 Å². The average molecular weight is 833 g/mol. The van der Waals surface area contributed by atoms with Crippen molar-refractivity contribution in [3.05, 3.63) is 87.8 Å². The van der Waals surface area contributed by atoms with Gasteiger partial charge in [0.1, 0.15) is 4.21 Å². The van der Waals surface area contributed by atoms with Crippen molar-refractivity contribution >= 4 is 45.7 Å². The van der Waals surface area contributed by atoms with E-state index in [0.29, 0.717) is 48.2 Å². The molecule has 300 valence electrons. The molecule has 4 aliphatic rings. The molecule has 14 heteroatoms. The molecule has 1 amide bonds. The number of piperazine rings is 1. The first-order valence-corrected chi connectivity index (χ1v) is 23.3. The number of sulfonamides is 1. The smallest absolute Gasteiger partial charge is 0.283 e. The zero-order valence-corrected chi connectivity index (χ0v) is 35.7. The fraction of sp³-hybridized carbons (Fsp3) is 0.585. The lowest BCUT2D eigenvalue weighted by molar-refractivity contribution is 0.0158. The molecule has 3 aromatic rings. The predicted molar refractivity (Wildman–Crippen MR) is 222 cm³/mol. The van der Waals surface area contributed by atoms with Gasteiger partial charge in [-0.2, -0.15) is 13.1 Å². The lowest BCUT2D eigenvalue weighted by Gasteiger charge is -2.48. The van der Waals surface area contributed by atoms with Crippen LogP contribution in [-0.2, 0) is 33.7 Å². The number of benzene rings is 2. The van der Waals surface area contributed by atoms with Crippen LogP contribution in [0.15, 0.2) is 64.2 Å². The maximum absolute atomic E-state index is 14.9. The Hall–Kier alpha value is -1.88. The molecule has 3 saturated heterocycles. The van der Waals surface area contributed by atoms with Crippen molar-refractivity contribution in [3.8, 4) is 0 Å². The summed E-state index contributed by atoms with van der Waals surface area (Å²) < 4.78 is 59.0. The van der Waals surface area contributed by atoms with Gasteiger partial charge in [0.25, 0.3) is 21.6 Å². The number of hydrogen-bond acceptors (Lipinski definition) is 7. The molecule has 7 unspecified atom stereocenters. The highest BCUT2D eigenvalue weighted by molar-refractivity contribution is 7.91. The summed E-state index contributed by atoms with van der Waals surface area (Å²) in [4.78, 5) is 21.5. The monoisotopic (exact) mass is 832 g/mol. The molecule has 7 atom stereocenters. The van der Waals surface area contributed by atoms with Crippen LogP contribution in [0, 0.1) is 5.92 Å². The topological polar surface area (TPSA) is 84.4 Å². The maximum atomic E-state index is 14.9. The molecule has 7 rings (SSSR count). The minimum atomic E-state index is -3.58. The Morgan fingerprint density at radius 1 is 0.964 bits per heavy atom. The van der Waals surface area contributed by atoms with Gasteiger partial charge in [0.05, 0.1) is 0 Å². The van der Waals surface area contributed by atoms with Crippen molar-refractivity contribution in [1.82, 2.24) is 19.0 Å². The number of rotatable bonds is 11. The number of carbonyl (C=O) groups excluding carboxylic acids is 1. The number of nitrogens with zero attached hydrogens (tertiary/aromatic N) is 4. The quantitative estimate of drug-likeness (QED) is 0.215. The van der Waals surface area contributed by atoms with Crippen molar-refractivity contribution in [2.75, 3.05) is 52.4 Å². The molecule has 3 aliphatic heterocycles. The second-order valence-electron chi connectivity index (χ2n) is 16.4. The van der Waals surface area contributed by atoms with E-state index in [-0.39, 0.29) is 41.4 Å². The fourth-order valence-electron chi connectivity index (χ4n) is 9.48. The Labute approximate surface area is 334 Å². The van der Waals surface area contributed by atoms with Crippen molar-refractivity contribution in [1.29, 1.82) is 0 Å². The zero-order chi connectivity index (χ0) is 39.0. The van der Waals surface area contributed by atoms with E-state index >= 15 is 0 Å². The van der Waals surface area contributed by atoms with Crippen LogP contribution in [-0.4, -0.2) is 109 Å². The van der Waals surface area contributed by atoms with Gasteiger partial charge >= 0.3 is 0 Å². The van der Waals surface area contributed by atoms with E-state index in [1.165, 1.54) is 17.4 Å². The van der Waals surface area contributed by atoms with Gasteiger partial charge in [-0.25, -0.2) is 8.42 Å². The van der Waals surface area contributed by atoms with Crippen LogP contribution in [0.4, 0.5) is 8.78 Å². The number of alkyl halides is 2. The minimum absolute atomic E-state index is 0.00526. The Morgan fingerprint density at radius 2 is 1.69 bits per heavy atom. The average Bonchev–Trinajstić information content (AvgIpc) is 3.81. The Bertz CT molecular complexity index is 1910. The van der Waals surface area contributed by atoms with Gasteiger partial charge in [-0.1, -0.05) is 46.5 Å². The third-order valence-corrected chi connectivity index (χ3v) is 17.1. The number of halogens is 2. The van der Waals surface area contributed by atoms with Gasteiger partial charge < -0.3 is 10.0 Å². The van der Waals surface area contributed by atoms with Gasteiger partial charge in [0.15, 0.2) is 0 Å². The maximum Gasteiger partial charge on any atom is 0.283 e. The summed E-state index contributed by atoms with van der Waals surface area (Å²) in [6, 6.07) is 17.2. The number of thiophene rings is 1. The molecule has 4 heterocycles. The number of hydrogen-bond donors (Lipinski definition) is 1. The van der Waals surface area contributed by atoms with Gasteiger partial charge in [0, 0.05) is 86.8 Å². The third kappa shape index (κ3) is 9.38. The number of likely N-dealkylation sites (tertiary alicyclic amines) is 1. The first kappa shape index (κ1) is 41.3. The van der Waals surface area contributed by atoms with E-state index in [9.17, 15) is 27.1 Å². The summed E-state index contributed by atoms with van der Waals surface area (Å²) in [5.74, 6) is 0.315. The first-order chi connectivity index (χ1) is 26.2. The Kier molecular flexibility index (Phi) is 12.9. The number of carbonyl (C=O) groups is 1. The summed E-state index contributed by atoms with van der Waals surface area (Å²) in [5.41, 5.74) is -0.139. The van der Waals surface area contributed by atoms with Crippen LogP contribution in [0.1, 0.15) is 84.5 Å². The van der Waals surface area contributed by atoms with E-state index < -0.39 is 15.7 Å². The lowest BCUT2D eigenvalue weighted by Crippen LogP contribution is -2.59. The number of aliphatic hydroxyl groups is 1. The van der Waals surface area contributed by atoms with Crippen LogP contribution in [0.5, 0.6) is 0 Å². The molecule has 4 fully saturated rings. The molecule has 0 radical (unpaired) electrons. The molecule has 1 N–H and O–H groups in total. The molecule has 0 spiro atoms. The second kappa shape index (κ2) is 17.1. The minimum Gasteiger partial charge on any atom is -0.396 e. The molecule has 2 aromatic carbocycles. The largest absolute Gasteiger partial charge is 0.396 e. The highest BCUT2D eigenvalue weighted by atomic mass is 32.2. The second-order valence-corrected chi connectivity index (χ2v) is 21.3. The van der Waals surface area contributed by atoms with E-state index in [1.54, 1.807) is 25.7 Å². The van der Waals surface area contributed by atoms with Crippen LogP contribution in [0.3, 0.4) is 0 Å². The normalized spacial score (nSPS) is 27.8. The van der Waals surface area contributed by atoms with Gasteiger partial charge in [-0.15, -0.1) is 20.6 Å². The van der Waals surface area contributed by atoms with Gasteiger partial charge in [-0.3, -0.25) is 14.6 Å². The summed E-state index contributed by atoms with van der Waals surface area (Å²) >= 11 is 1.23. The highest BCUT2D eigenvalue weighted by Gasteiger charge is 2.41. The van der Waals surface area contributed by atoms with Gasteiger partial charge in [-0.05, 0) is 110 Å². The molecular formula is C41H56F2N4O4P2S2. The standard InChI is InChI=1S/C41H56F2N4O4P2S2/c1-29-9-12-40(52,26-29)33-22-32(23-34(24-33)41(42,43)53)39(49)47-14-10-35(25-37(47)20-30-6-3-2-4-7-30)44-15-17-45(18-16-44)36-8-5-13-46(27-36)55(50,51)38-21-31(11-19-48)28-54-38/h2-4,6-7,21-24,28-29,35-37,48H,5,8-20,25-27,52-53H2,1H3. The Morgan fingerprint density at radius 3 is 2.36 bits per heavy atom. The van der Waals surface area contributed by atoms with E-state index in [1.807, 2.05) is 34.5 Å². The van der Waals surface area contributed by atoms with Crippen LogP contribution in [0.25, 0.3) is 0 Å². The first-order valence-electron chi connectivity index (χ1n) is 19.9. The molecule has 1 saturated carbocycles.